The minimum atomic E-state index is -0.449. The Balaban J connectivity index is 1.68. The Bertz CT molecular complexity index is 711. The summed E-state index contributed by atoms with van der Waals surface area (Å²) in [7, 11) is 0. The third-order valence-electron chi connectivity index (χ3n) is 3.59. The van der Waals surface area contributed by atoms with E-state index in [9.17, 15) is 14.0 Å². The number of carbonyl (C=O) groups is 2. The van der Waals surface area contributed by atoms with Gasteiger partial charge in [-0.25, -0.2) is 4.39 Å². The van der Waals surface area contributed by atoms with Crippen LogP contribution in [0.2, 0.25) is 0 Å². The van der Waals surface area contributed by atoms with Crippen molar-refractivity contribution >= 4 is 23.3 Å². The molecule has 0 aliphatic carbocycles. The fourth-order valence-electron chi connectivity index (χ4n) is 2.46. The molecule has 3 rings (SSSR count). The second-order valence-electron chi connectivity index (χ2n) is 5.31. The molecule has 22 heavy (non-hydrogen) atoms. The monoisotopic (exact) mass is 302 g/mol. The van der Waals surface area contributed by atoms with Crippen LogP contribution in [-0.2, 0) is 9.59 Å². The smallest absolute Gasteiger partial charge is 0.231 e. The van der Waals surface area contributed by atoms with Crippen molar-refractivity contribution in [2.75, 3.05) is 16.8 Å². The van der Waals surface area contributed by atoms with Gasteiger partial charge in [-0.1, -0.05) is 0 Å². The zero-order valence-corrected chi connectivity index (χ0v) is 12.0. The number of hydrogen-bond donors (Lipinski definition) is 2. The molecule has 0 radical (unpaired) electrons. The Kier molecular flexibility index (Phi) is 3.62. The molecule has 2 aromatic rings. The maximum atomic E-state index is 12.9. The molecule has 2 heterocycles. The lowest BCUT2D eigenvalue weighted by atomic mass is 10.1. The zero-order chi connectivity index (χ0) is 15.7. The summed E-state index contributed by atoms with van der Waals surface area (Å²) in [5.74, 6) is -0.766. The number of carbonyl (C=O) groups excluding carboxylic acids is 2. The van der Waals surface area contributed by atoms with E-state index < -0.39 is 5.92 Å². The van der Waals surface area contributed by atoms with Gasteiger partial charge in [0.2, 0.25) is 11.8 Å². The van der Waals surface area contributed by atoms with Gasteiger partial charge < -0.3 is 10.2 Å². The molecule has 0 bridgehead atoms. The molecule has 1 aliphatic rings. The summed E-state index contributed by atoms with van der Waals surface area (Å²) in [5, 5.41) is 9.36. The fourth-order valence-corrected chi connectivity index (χ4v) is 2.46. The van der Waals surface area contributed by atoms with E-state index in [0.29, 0.717) is 11.5 Å². The van der Waals surface area contributed by atoms with Crippen LogP contribution in [0.4, 0.5) is 15.9 Å². The minimum absolute atomic E-state index is 0.132. The summed E-state index contributed by atoms with van der Waals surface area (Å²) in [6, 6.07) is 7.37. The Morgan fingerprint density at radius 3 is 2.77 bits per heavy atom. The van der Waals surface area contributed by atoms with Crippen LogP contribution in [0.25, 0.3) is 0 Å². The van der Waals surface area contributed by atoms with Crippen molar-refractivity contribution in [2.45, 2.75) is 13.3 Å². The second-order valence-corrected chi connectivity index (χ2v) is 5.31. The highest BCUT2D eigenvalue weighted by Gasteiger charge is 2.35. The van der Waals surface area contributed by atoms with Crippen LogP contribution in [0.15, 0.2) is 30.3 Å². The third kappa shape index (κ3) is 2.83. The van der Waals surface area contributed by atoms with Gasteiger partial charge in [0.05, 0.1) is 5.92 Å². The Labute approximate surface area is 126 Å². The first-order chi connectivity index (χ1) is 10.5. The number of anilines is 2. The molecule has 6 nitrogen and oxygen atoms in total. The van der Waals surface area contributed by atoms with Crippen LogP contribution in [0.5, 0.6) is 0 Å². The quantitative estimate of drug-likeness (QED) is 0.908. The van der Waals surface area contributed by atoms with Crippen molar-refractivity contribution in [3.05, 3.63) is 41.8 Å². The highest BCUT2D eigenvalue weighted by Crippen LogP contribution is 2.26. The van der Waals surface area contributed by atoms with Crippen molar-refractivity contribution < 1.29 is 14.0 Å². The maximum absolute atomic E-state index is 12.9. The molecule has 7 heteroatoms. The van der Waals surface area contributed by atoms with Crippen LogP contribution < -0.4 is 10.2 Å². The predicted octanol–water partition coefficient (Wildman–Crippen LogP) is 1.85. The number of halogens is 1. The number of nitrogens with one attached hydrogen (secondary N) is 2. The number of aromatic nitrogens is 2. The molecule has 1 fully saturated rings. The number of rotatable bonds is 3. The van der Waals surface area contributed by atoms with Gasteiger partial charge >= 0.3 is 0 Å². The molecule has 1 aromatic heterocycles. The van der Waals surface area contributed by atoms with Gasteiger partial charge in [-0.15, -0.1) is 0 Å². The first-order valence-corrected chi connectivity index (χ1v) is 6.92. The van der Waals surface area contributed by atoms with E-state index >= 15 is 0 Å². The summed E-state index contributed by atoms with van der Waals surface area (Å²) in [6.45, 7) is 2.11. The molecule has 1 saturated heterocycles. The molecule has 1 aliphatic heterocycles. The van der Waals surface area contributed by atoms with E-state index in [2.05, 4.69) is 15.5 Å². The van der Waals surface area contributed by atoms with Crippen molar-refractivity contribution in [3.63, 3.8) is 0 Å². The van der Waals surface area contributed by atoms with E-state index in [1.165, 1.54) is 29.2 Å². The van der Waals surface area contributed by atoms with Gasteiger partial charge in [-0.05, 0) is 31.2 Å². The van der Waals surface area contributed by atoms with Crippen LogP contribution in [0, 0.1) is 18.7 Å². The largest absolute Gasteiger partial charge is 0.312 e. The Morgan fingerprint density at radius 1 is 1.41 bits per heavy atom. The molecular formula is C15H15FN4O2. The highest BCUT2D eigenvalue weighted by molar-refractivity contribution is 6.03. The lowest BCUT2D eigenvalue weighted by Crippen LogP contribution is -2.28. The number of amides is 2. The van der Waals surface area contributed by atoms with Gasteiger partial charge in [-0.2, -0.15) is 5.10 Å². The second kappa shape index (κ2) is 5.59. The van der Waals surface area contributed by atoms with E-state index in [4.69, 9.17) is 0 Å². The van der Waals surface area contributed by atoms with Gasteiger partial charge in [0.15, 0.2) is 5.82 Å². The molecule has 0 unspecified atom stereocenters. The molecule has 1 aromatic carbocycles. The molecule has 2 N–H and O–H groups in total. The number of aromatic amines is 1. The summed E-state index contributed by atoms with van der Waals surface area (Å²) >= 11 is 0. The maximum Gasteiger partial charge on any atom is 0.231 e. The molecule has 2 amide bonds. The number of aryl methyl sites for hydroxylation is 1. The van der Waals surface area contributed by atoms with Crippen molar-refractivity contribution in [1.82, 2.24) is 10.2 Å². The lowest BCUT2D eigenvalue weighted by molar-refractivity contribution is -0.122. The number of H-pyrrole nitrogens is 1. The standard InChI is InChI=1S/C15H15FN4O2/c1-9-6-13(19-18-9)17-15(22)10-7-14(21)20(8-10)12-4-2-11(16)3-5-12/h2-6,10H,7-8H2,1H3,(H2,17,18,19,22)/t10-/m0/s1. The van der Waals surface area contributed by atoms with Gasteiger partial charge in [0.1, 0.15) is 5.82 Å². The minimum Gasteiger partial charge on any atom is -0.312 e. The van der Waals surface area contributed by atoms with Crippen molar-refractivity contribution in [1.29, 1.82) is 0 Å². The average Bonchev–Trinajstić information content (AvgIpc) is 3.06. The van der Waals surface area contributed by atoms with E-state index in [-0.39, 0.29) is 30.6 Å². The van der Waals surface area contributed by atoms with Crippen molar-refractivity contribution in [2.24, 2.45) is 5.92 Å². The third-order valence-corrected chi connectivity index (χ3v) is 3.59. The Morgan fingerprint density at radius 2 is 2.14 bits per heavy atom. The lowest BCUT2D eigenvalue weighted by Gasteiger charge is -2.16. The number of hydrogen-bond acceptors (Lipinski definition) is 3. The number of nitrogens with zero attached hydrogens (tertiary/aromatic N) is 2. The van der Waals surface area contributed by atoms with Crippen molar-refractivity contribution in [3.8, 4) is 0 Å². The van der Waals surface area contributed by atoms with E-state index in [1.807, 2.05) is 6.92 Å². The molecule has 0 saturated carbocycles. The highest BCUT2D eigenvalue weighted by atomic mass is 19.1. The van der Waals surface area contributed by atoms with Crippen LogP contribution >= 0.6 is 0 Å². The summed E-state index contributed by atoms with van der Waals surface area (Å²) < 4.78 is 12.9. The van der Waals surface area contributed by atoms with Gasteiger partial charge in [0, 0.05) is 30.4 Å². The topological polar surface area (TPSA) is 78.1 Å². The van der Waals surface area contributed by atoms with Gasteiger partial charge in [0.25, 0.3) is 0 Å². The molecule has 114 valence electrons. The summed E-state index contributed by atoms with van der Waals surface area (Å²) in [6.07, 6.45) is 0.132. The van der Waals surface area contributed by atoms with E-state index in [1.54, 1.807) is 6.07 Å². The fraction of sp³-hybridized carbons (Fsp3) is 0.267. The van der Waals surface area contributed by atoms with E-state index in [0.717, 1.165) is 5.69 Å². The molecular weight excluding hydrogens is 287 g/mol. The SMILES string of the molecule is Cc1cc(NC(=O)[C@H]2CC(=O)N(c3ccc(F)cc3)C2)n[nH]1. The average molecular weight is 302 g/mol. The molecule has 1 atom stereocenters. The first-order valence-electron chi connectivity index (χ1n) is 6.92. The zero-order valence-electron chi connectivity index (χ0n) is 12.0. The van der Waals surface area contributed by atoms with Crippen LogP contribution in [-0.4, -0.2) is 28.6 Å². The van der Waals surface area contributed by atoms with Gasteiger partial charge in [-0.3, -0.25) is 14.7 Å². The van der Waals surface area contributed by atoms with Crippen LogP contribution in [0.3, 0.4) is 0 Å². The van der Waals surface area contributed by atoms with Crippen LogP contribution in [0.1, 0.15) is 12.1 Å². The molecule has 0 spiro atoms. The first kappa shape index (κ1) is 14.2. The predicted molar refractivity (Wildman–Crippen MR) is 78.8 cm³/mol. The number of benzene rings is 1. The summed E-state index contributed by atoms with van der Waals surface area (Å²) in [5.41, 5.74) is 1.43. The summed E-state index contributed by atoms with van der Waals surface area (Å²) in [4.78, 5) is 25.8. The Hall–Kier alpha value is -2.70. The normalized spacial score (nSPS) is 17.8.